The Bertz CT molecular complexity index is 1130. The molecular formula is C24H22F3N3O4. The smallest absolute Gasteiger partial charge is 0.346 e. The lowest BCUT2D eigenvalue weighted by Gasteiger charge is -2.28. The zero-order valence-electron chi connectivity index (χ0n) is 18.3. The number of nitrogens with one attached hydrogen (secondary N) is 1. The minimum atomic E-state index is -4.58. The Kier molecular flexibility index (Phi) is 6.16. The van der Waals surface area contributed by atoms with Gasteiger partial charge in [-0.1, -0.05) is 24.3 Å². The SMILES string of the molecule is CC(C(=O)NC(CN1CCCC1=O)c1cccc(C(F)(F)F)c1)N1C(=O)c2ccccc2C1=O. The molecular weight excluding hydrogens is 451 g/mol. The lowest BCUT2D eigenvalue weighted by atomic mass is 10.0. The van der Waals surface area contributed by atoms with Gasteiger partial charge in [0, 0.05) is 19.5 Å². The minimum absolute atomic E-state index is 0.0271. The van der Waals surface area contributed by atoms with Crippen molar-refractivity contribution in [3.05, 3.63) is 70.8 Å². The average molecular weight is 473 g/mol. The van der Waals surface area contributed by atoms with Crippen LogP contribution in [0.3, 0.4) is 0 Å². The molecule has 4 amide bonds. The Labute approximate surface area is 193 Å². The van der Waals surface area contributed by atoms with Crippen molar-refractivity contribution in [2.24, 2.45) is 0 Å². The second-order valence-corrected chi connectivity index (χ2v) is 8.33. The zero-order chi connectivity index (χ0) is 24.6. The number of hydrogen-bond acceptors (Lipinski definition) is 4. The van der Waals surface area contributed by atoms with E-state index in [1.165, 1.54) is 36.1 Å². The van der Waals surface area contributed by atoms with Gasteiger partial charge in [-0.3, -0.25) is 24.1 Å². The Hall–Kier alpha value is -3.69. The Morgan fingerprint density at radius 1 is 1.03 bits per heavy atom. The number of carbonyl (C=O) groups excluding carboxylic acids is 4. The molecule has 2 aromatic rings. The summed E-state index contributed by atoms with van der Waals surface area (Å²) >= 11 is 0. The van der Waals surface area contributed by atoms with Crippen molar-refractivity contribution in [1.82, 2.24) is 15.1 Å². The predicted octanol–water partition coefficient (Wildman–Crippen LogP) is 3.17. The highest BCUT2D eigenvalue weighted by atomic mass is 19.4. The third-order valence-electron chi connectivity index (χ3n) is 6.10. The summed E-state index contributed by atoms with van der Waals surface area (Å²) in [4.78, 5) is 53.0. The summed E-state index contributed by atoms with van der Waals surface area (Å²) in [6.45, 7) is 1.78. The molecule has 1 saturated heterocycles. The first kappa shape index (κ1) is 23.5. The highest BCUT2D eigenvalue weighted by molar-refractivity contribution is 6.22. The number of fused-ring (bicyclic) bond motifs is 1. The van der Waals surface area contributed by atoms with Gasteiger partial charge in [0.2, 0.25) is 11.8 Å². The maximum Gasteiger partial charge on any atom is 0.416 e. The van der Waals surface area contributed by atoms with E-state index < -0.39 is 41.5 Å². The van der Waals surface area contributed by atoms with Gasteiger partial charge < -0.3 is 10.2 Å². The van der Waals surface area contributed by atoms with Gasteiger partial charge in [-0.25, -0.2) is 0 Å². The van der Waals surface area contributed by atoms with E-state index in [4.69, 9.17) is 0 Å². The van der Waals surface area contributed by atoms with Crippen LogP contribution in [0.25, 0.3) is 0 Å². The summed E-state index contributed by atoms with van der Waals surface area (Å²) in [5.41, 5.74) is -0.351. The maximum absolute atomic E-state index is 13.3. The Morgan fingerprint density at radius 2 is 1.68 bits per heavy atom. The Morgan fingerprint density at radius 3 is 2.24 bits per heavy atom. The van der Waals surface area contributed by atoms with E-state index in [-0.39, 0.29) is 29.1 Å². The monoisotopic (exact) mass is 473 g/mol. The van der Waals surface area contributed by atoms with Crippen molar-refractivity contribution in [3.8, 4) is 0 Å². The summed E-state index contributed by atoms with van der Waals surface area (Å²) in [5.74, 6) is -2.11. The predicted molar refractivity (Wildman–Crippen MR) is 115 cm³/mol. The topological polar surface area (TPSA) is 86.8 Å². The third-order valence-corrected chi connectivity index (χ3v) is 6.10. The lowest BCUT2D eigenvalue weighted by Crippen LogP contribution is -2.50. The van der Waals surface area contributed by atoms with E-state index in [1.54, 1.807) is 12.1 Å². The largest absolute Gasteiger partial charge is 0.416 e. The van der Waals surface area contributed by atoms with E-state index in [0.717, 1.165) is 17.0 Å². The summed E-state index contributed by atoms with van der Waals surface area (Å²) in [7, 11) is 0. The quantitative estimate of drug-likeness (QED) is 0.653. The van der Waals surface area contributed by atoms with Crippen LogP contribution in [0.15, 0.2) is 48.5 Å². The van der Waals surface area contributed by atoms with Crippen molar-refractivity contribution in [2.75, 3.05) is 13.1 Å². The molecule has 2 aromatic carbocycles. The molecule has 1 N–H and O–H groups in total. The molecule has 0 bridgehead atoms. The molecule has 7 nitrogen and oxygen atoms in total. The number of halogens is 3. The van der Waals surface area contributed by atoms with Gasteiger partial charge in [0.15, 0.2) is 0 Å². The summed E-state index contributed by atoms with van der Waals surface area (Å²) in [5, 5.41) is 2.66. The second kappa shape index (κ2) is 8.92. The molecule has 2 atom stereocenters. The maximum atomic E-state index is 13.3. The molecule has 1 fully saturated rings. The number of rotatable bonds is 6. The van der Waals surface area contributed by atoms with Gasteiger partial charge in [0.25, 0.3) is 11.8 Å². The number of amides is 4. The Balaban J connectivity index is 1.59. The third kappa shape index (κ3) is 4.40. The van der Waals surface area contributed by atoms with Gasteiger partial charge in [-0.2, -0.15) is 13.2 Å². The van der Waals surface area contributed by atoms with Crippen LogP contribution in [0.1, 0.15) is 57.7 Å². The van der Waals surface area contributed by atoms with Gasteiger partial charge in [-0.15, -0.1) is 0 Å². The van der Waals surface area contributed by atoms with Gasteiger partial charge in [0.05, 0.1) is 22.7 Å². The van der Waals surface area contributed by atoms with Crippen LogP contribution in [0, 0.1) is 0 Å². The number of nitrogens with zero attached hydrogens (tertiary/aromatic N) is 2. The van der Waals surface area contributed by atoms with E-state index in [9.17, 15) is 32.3 Å². The first-order chi connectivity index (χ1) is 16.1. The molecule has 4 rings (SSSR count). The van der Waals surface area contributed by atoms with Crippen molar-refractivity contribution in [1.29, 1.82) is 0 Å². The lowest BCUT2D eigenvalue weighted by molar-refractivity contribution is -0.137. The van der Waals surface area contributed by atoms with Crippen molar-refractivity contribution in [2.45, 2.75) is 38.0 Å². The zero-order valence-corrected chi connectivity index (χ0v) is 18.3. The number of carbonyl (C=O) groups is 4. The minimum Gasteiger partial charge on any atom is -0.346 e. The van der Waals surface area contributed by atoms with Crippen molar-refractivity contribution in [3.63, 3.8) is 0 Å². The van der Waals surface area contributed by atoms with E-state index in [2.05, 4.69) is 5.32 Å². The molecule has 34 heavy (non-hydrogen) atoms. The molecule has 0 saturated carbocycles. The van der Waals surface area contributed by atoms with Crippen LogP contribution in [0.2, 0.25) is 0 Å². The van der Waals surface area contributed by atoms with Crippen LogP contribution in [0.5, 0.6) is 0 Å². The molecule has 0 aliphatic carbocycles. The summed E-state index contributed by atoms with van der Waals surface area (Å²) < 4.78 is 39.8. The molecule has 2 aliphatic heterocycles. The van der Waals surface area contributed by atoms with Crippen molar-refractivity contribution < 1.29 is 32.3 Å². The fraction of sp³-hybridized carbons (Fsp3) is 0.333. The van der Waals surface area contributed by atoms with Gasteiger partial charge in [0.1, 0.15) is 6.04 Å². The molecule has 10 heteroatoms. The fourth-order valence-electron chi connectivity index (χ4n) is 4.25. The van der Waals surface area contributed by atoms with Gasteiger partial charge in [-0.05, 0) is 43.2 Å². The van der Waals surface area contributed by atoms with Crippen LogP contribution in [-0.2, 0) is 15.8 Å². The standard InChI is InChI=1S/C24H22F3N3O4/c1-14(30-22(33)17-8-2-3-9-18(17)23(30)34)21(32)28-19(13-29-11-5-10-20(29)31)15-6-4-7-16(12-15)24(25,26)27/h2-4,6-9,12,14,19H,5,10-11,13H2,1H3,(H,28,32). The van der Waals surface area contributed by atoms with Crippen LogP contribution in [-0.4, -0.2) is 52.6 Å². The number of hydrogen-bond donors (Lipinski definition) is 1. The van der Waals surface area contributed by atoms with E-state index in [1.807, 2.05) is 0 Å². The number of imide groups is 1. The molecule has 178 valence electrons. The molecule has 0 aromatic heterocycles. The fourth-order valence-corrected chi connectivity index (χ4v) is 4.25. The average Bonchev–Trinajstić information content (AvgIpc) is 3.32. The molecule has 2 aliphatic rings. The van der Waals surface area contributed by atoms with E-state index >= 15 is 0 Å². The number of likely N-dealkylation sites (tertiary alicyclic amines) is 1. The van der Waals surface area contributed by atoms with Crippen LogP contribution in [0.4, 0.5) is 13.2 Å². The molecule has 0 spiro atoms. The molecule has 0 radical (unpaired) electrons. The first-order valence-electron chi connectivity index (χ1n) is 10.8. The summed E-state index contributed by atoms with van der Waals surface area (Å²) in [6, 6.07) is 8.54. The number of alkyl halides is 3. The highest BCUT2D eigenvalue weighted by Gasteiger charge is 2.41. The van der Waals surface area contributed by atoms with E-state index in [0.29, 0.717) is 19.4 Å². The molecule has 2 heterocycles. The van der Waals surface area contributed by atoms with Gasteiger partial charge >= 0.3 is 6.18 Å². The van der Waals surface area contributed by atoms with Crippen LogP contribution >= 0.6 is 0 Å². The first-order valence-corrected chi connectivity index (χ1v) is 10.8. The van der Waals surface area contributed by atoms with Crippen LogP contribution < -0.4 is 5.32 Å². The summed E-state index contributed by atoms with van der Waals surface area (Å²) in [6.07, 6.45) is -3.64. The normalized spacial score (nSPS) is 17.7. The molecule has 2 unspecified atom stereocenters. The second-order valence-electron chi connectivity index (χ2n) is 8.33. The van der Waals surface area contributed by atoms with Crippen molar-refractivity contribution >= 4 is 23.6 Å². The highest BCUT2D eigenvalue weighted by Crippen LogP contribution is 2.31. The number of benzene rings is 2.